The highest BCUT2D eigenvalue weighted by Gasteiger charge is 2.33. The molecule has 1 aliphatic rings. The Hall–Kier alpha value is -0.840. The molecule has 2 rings (SSSR count). The Labute approximate surface area is 113 Å². The predicted molar refractivity (Wildman–Crippen MR) is 72.7 cm³/mol. The molecule has 0 saturated heterocycles. The fourth-order valence-corrected chi connectivity index (χ4v) is 2.61. The summed E-state index contributed by atoms with van der Waals surface area (Å²) in [4.78, 5) is 2.08. The van der Waals surface area contributed by atoms with E-state index in [0.717, 1.165) is 31.6 Å². The highest BCUT2D eigenvalue weighted by Crippen LogP contribution is 2.36. The summed E-state index contributed by atoms with van der Waals surface area (Å²) in [6.07, 6.45) is 8.19. The van der Waals surface area contributed by atoms with Crippen LogP contribution in [-0.2, 0) is 12.1 Å². The molecule has 1 unspecified atom stereocenters. The van der Waals surface area contributed by atoms with Crippen molar-refractivity contribution in [1.82, 2.24) is 14.7 Å². The third-order valence-corrected chi connectivity index (χ3v) is 3.56. The van der Waals surface area contributed by atoms with Crippen LogP contribution < -0.4 is 0 Å². The lowest BCUT2D eigenvalue weighted by Gasteiger charge is -2.29. The monoisotopic (exact) mass is 269 g/mol. The van der Waals surface area contributed by atoms with Gasteiger partial charge in [0.15, 0.2) is 0 Å². The standard InChI is InChI=1S/C13H20ClN3O/c1-16(2)8-9-17-12(11(14)10-15-17)13(18)6-4-3-5-7-13/h4,6,10,18H,3,5,7-9H2,1-2H3. The Bertz CT molecular complexity index is 441. The van der Waals surface area contributed by atoms with E-state index in [4.69, 9.17) is 11.6 Å². The van der Waals surface area contributed by atoms with Gasteiger partial charge in [0.05, 0.1) is 23.5 Å². The minimum absolute atomic E-state index is 0.544. The molecule has 5 heteroatoms. The number of aliphatic hydroxyl groups is 1. The molecule has 0 bridgehead atoms. The Morgan fingerprint density at radius 2 is 2.33 bits per heavy atom. The van der Waals surface area contributed by atoms with Gasteiger partial charge in [-0.3, -0.25) is 4.68 Å². The quantitative estimate of drug-likeness (QED) is 0.851. The molecule has 0 amide bonds. The maximum Gasteiger partial charge on any atom is 0.126 e. The fourth-order valence-electron chi connectivity index (χ4n) is 2.31. The van der Waals surface area contributed by atoms with E-state index >= 15 is 0 Å². The third-order valence-electron chi connectivity index (χ3n) is 3.29. The number of halogens is 1. The normalized spacial score (nSPS) is 23.8. The average molecular weight is 270 g/mol. The molecule has 0 aliphatic heterocycles. The van der Waals surface area contributed by atoms with Gasteiger partial charge >= 0.3 is 0 Å². The van der Waals surface area contributed by atoms with Crippen LogP contribution in [-0.4, -0.2) is 40.4 Å². The van der Waals surface area contributed by atoms with Crippen molar-refractivity contribution < 1.29 is 5.11 Å². The lowest BCUT2D eigenvalue weighted by Crippen LogP contribution is -2.30. The summed E-state index contributed by atoms with van der Waals surface area (Å²) in [7, 11) is 4.03. The van der Waals surface area contributed by atoms with Gasteiger partial charge < -0.3 is 10.0 Å². The number of aromatic nitrogens is 2. The van der Waals surface area contributed by atoms with Crippen LogP contribution in [0.25, 0.3) is 0 Å². The molecule has 100 valence electrons. The summed E-state index contributed by atoms with van der Waals surface area (Å²) >= 11 is 6.19. The Balaban J connectivity index is 2.28. The summed E-state index contributed by atoms with van der Waals surface area (Å²) < 4.78 is 1.82. The van der Waals surface area contributed by atoms with Crippen LogP contribution in [0.4, 0.5) is 0 Å². The molecule has 0 aromatic carbocycles. The molecule has 1 aromatic rings. The second kappa shape index (κ2) is 5.43. The van der Waals surface area contributed by atoms with Gasteiger partial charge in [0.1, 0.15) is 5.60 Å². The zero-order valence-electron chi connectivity index (χ0n) is 10.9. The van der Waals surface area contributed by atoms with Gasteiger partial charge in [-0.15, -0.1) is 0 Å². The summed E-state index contributed by atoms with van der Waals surface area (Å²) in [5.41, 5.74) is -0.236. The van der Waals surface area contributed by atoms with Crippen molar-refractivity contribution in [3.05, 3.63) is 29.1 Å². The summed E-state index contributed by atoms with van der Waals surface area (Å²) in [6.45, 7) is 1.59. The van der Waals surface area contributed by atoms with Crippen molar-refractivity contribution >= 4 is 11.6 Å². The molecule has 18 heavy (non-hydrogen) atoms. The molecule has 1 atom stereocenters. The van der Waals surface area contributed by atoms with E-state index in [0.29, 0.717) is 11.4 Å². The minimum atomic E-state index is -0.960. The summed E-state index contributed by atoms with van der Waals surface area (Å²) in [5.74, 6) is 0. The Kier molecular flexibility index (Phi) is 4.10. The van der Waals surface area contributed by atoms with Gasteiger partial charge in [0.2, 0.25) is 0 Å². The first-order valence-corrected chi connectivity index (χ1v) is 6.67. The van der Waals surface area contributed by atoms with Crippen molar-refractivity contribution in [3.63, 3.8) is 0 Å². The third kappa shape index (κ3) is 2.76. The van der Waals surface area contributed by atoms with Crippen LogP contribution in [0.15, 0.2) is 18.3 Å². The molecule has 1 N–H and O–H groups in total. The molecule has 0 radical (unpaired) electrons. The van der Waals surface area contributed by atoms with E-state index in [9.17, 15) is 5.11 Å². The number of nitrogens with zero attached hydrogens (tertiary/aromatic N) is 3. The SMILES string of the molecule is CN(C)CCn1ncc(Cl)c1C1(O)C=CCCC1. The van der Waals surface area contributed by atoms with Crippen molar-refractivity contribution in [3.8, 4) is 0 Å². The molecule has 0 spiro atoms. The van der Waals surface area contributed by atoms with E-state index in [1.165, 1.54) is 0 Å². The zero-order valence-corrected chi connectivity index (χ0v) is 11.7. The second-order valence-corrected chi connectivity index (χ2v) is 5.49. The van der Waals surface area contributed by atoms with Crippen LogP contribution in [0, 0.1) is 0 Å². The van der Waals surface area contributed by atoms with E-state index < -0.39 is 5.60 Å². The topological polar surface area (TPSA) is 41.3 Å². The van der Waals surface area contributed by atoms with Crippen LogP contribution in [0.1, 0.15) is 25.0 Å². The van der Waals surface area contributed by atoms with Crippen molar-refractivity contribution in [1.29, 1.82) is 0 Å². The molecular weight excluding hydrogens is 250 g/mol. The number of hydrogen-bond acceptors (Lipinski definition) is 3. The first-order valence-electron chi connectivity index (χ1n) is 6.29. The molecule has 0 saturated carbocycles. The summed E-state index contributed by atoms with van der Waals surface area (Å²) in [5, 5.41) is 15.5. The fraction of sp³-hybridized carbons (Fsp3) is 0.615. The lowest BCUT2D eigenvalue weighted by atomic mass is 9.88. The van der Waals surface area contributed by atoms with Gasteiger partial charge in [0, 0.05) is 6.54 Å². The Morgan fingerprint density at radius 1 is 1.56 bits per heavy atom. The number of allylic oxidation sites excluding steroid dienone is 1. The highest BCUT2D eigenvalue weighted by atomic mass is 35.5. The smallest absolute Gasteiger partial charge is 0.126 e. The van der Waals surface area contributed by atoms with E-state index in [-0.39, 0.29) is 0 Å². The van der Waals surface area contributed by atoms with Gasteiger partial charge in [-0.05, 0) is 33.4 Å². The largest absolute Gasteiger partial charge is 0.379 e. The van der Waals surface area contributed by atoms with Crippen LogP contribution in [0.3, 0.4) is 0 Å². The molecule has 1 aliphatic carbocycles. The van der Waals surface area contributed by atoms with Crippen LogP contribution in [0.5, 0.6) is 0 Å². The first kappa shape index (κ1) is 13.6. The van der Waals surface area contributed by atoms with Gasteiger partial charge in [0.25, 0.3) is 0 Å². The maximum absolute atomic E-state index is 10.7. The van der Waals surface area contributed by atoms with Gasteiger partial charge in [-0.25, -0.2) is 0 Å². The molecular formula is C13H20ClN3O. The second-order valence-electron chi connectivity index (χ2n) is 5.09. The molecule has 4 nitrogen and oxygen atoms in total. The zero-order chi connectivity index (χ0) is 13.2. The van der Waals surface area contributed by atoms with Crippen LogP contribution >= 0.6 is 11.6 Å². The van der Waals surface area contributed by atoms with Crippen molar-refractivity contribution in [2.24, 2.45) is 0 Å². The highest BCUT2D eigenvalue weighted by molar-refractivity contribution is 6.31. The van der Waals surface area contributed by atoms with Crippen LogP contribution in [0.2, 0.25) is 5.02 Å². The number of rotatable bonds is 4. The maximum atomic E-state index is 10.7. The van der Waals surface area contributed by atoms with Crippen molar-refractivity contribution in [2.45, 2.75) is 31.4 Å². The number of hydrogen-bond donors (Lipinski definition) is 1. The predicted octanol–water partition coefficient (Wildman–Crippen LogP) is 2.03. The first-order chi connectivity index (χ1) is 8.53. The minimum Gasteiger partial charge on any atom is -0.379 e. The molecule has 1 heterocycles. The van der Waals surface area contributed by atoms with E-state index in [2.05, 4.69) is 10.00 Å². The number of likely N-dealkylation sites (N-methyl/N-ethyl adjacent to an activating group) is 1. The van der Waals surface area contributed by atoms with E-state index in [1.807, 2.05) is 30.9 Å². The molecule has 0 fully saturated rings. The van der Waals surface area contributed by atoms with Gasteiger partial charge in [-0.1, -0.05) is 23.8 Å². The van der Waals surface area contributed by atoms with Crippen molar-refractivity contribution in [2.75, 3.05) is 20.6 Å². The summed E-state index contributed by atoms with van der Waals surface area (Å²) in [6, 6.07) is 0. The van der Waals surface area contributed by atoms with E-state index in [1.54, 1.807) is 6.20 Å². The lowest BCUT2D eigenvalue weighted by molar-refractivity contribution is 0.0625. The van der Waals surface area contributed by atoms with Gasteiger partial charge in [-0.2, -0.15) is 5.10 Å². The molecule has 1 aromatic heterocycles. The Morgan fingerprint density at radius 3 is 2.94 bits per heavy atom. The average Bonchev–Trinajstić information content (AvgIpc) is 2.69.